The van der Waals surface area contributed by atoms with E-state index in [2.05, 4.69) is 20.9 Å². The van der Waals surface area contributed by atoms with Gasteiger partial charge in [-0.2, -0.15) is 0 Å². The number of thiazole rings is 1. The minimum Gasteiger partial charge on any atom is -0.503 e. The standard InChI is InChI=1S/C17H11BrN2O3S/c1-23-13-7-9(6-10(18)15(13)21)8-14-16(22)20-12-5-3-2-4-11(12)19-17(20)24-14/h2-8,21H,1H3/b14-8-. The number of hydrogen-bond acceptors (Lipinski definition) is 5. The average molecular weight is 403 g/mol. The smallest absolute Gasteiger partial charge is 0.274 e. The highest BCUT2D eigenvalue weighted by molar-refractivity contribution is 9.10. The van der Waals surface area contributed by atoms with Crippen molar-refractivity contribution in [1.82, 2.24) is 9.38 Å². The minimum absolute atomic E-state index is 0.0315. The van der Waals surface area contributed by atoms with E-state index in [9.17, 15) is 9.90 Å². The van der Waals surface area contributed by atoms with E-state index < -0.39 is 0 Å². The Bertz CT molecular complexity index is 1200. The van der Waals surface area contributed by atoms with E-state index in [-0.39, 0.29) is 11.3 Å². The Hall–Kier alpha value is -2.38. The molecule has 4 aromatic rings. The summed E-state index contributed by atoms with van der Waals surface area (Å²) in [6, 6.07) is 11.0. The number of phenols is 1. The molecule has 0 saturated carbocycles. The molecule has 1 N–H and O–H groups in total. The lowest BCUT2D eigenvalue weighted by molar-refractivity contribution is 0.372. The normalized spacial score (nSPS) is 12.3. The first-order valence-corrected chi connectivity index (χ1v) is 8.67. The molecule has 0 fully saturated rings. The molecule has 5 nitrogen and oxygen atoms in total. The summed E-state index contributed by atoms with van der Waals surface area (Å²) in [5.74, 6) is 0.374. The Morgan fingerprint density at radius 3 is 2.92 bits per heavy atom. The molecule has 2 aromatic heterocycles. The second-order valence-corrected chi connectivity index (χ2v) is 7.05. The molecule has 0 amide bonds. The van der Waals surface area contributed by atoms with Gasteiger partial charge in [-0.1, -0.05) is 23.5 Å². The van der Waals surface area contributed by atoms with Crippen LogP contribution in [0.5, 0.6) is 11.5 Å². The summed E-state index contributed by atoms with van der Waals surface area (Å²) < 4.78 is 7.85. The zero-order valence-electron chi connectivity index (χ0n) is 12.5. The summed E-state index contributed by atoms with van der Waals surface area (Å²) >= 11 is 4.62. The van der Waals surface area contributed by atoms with Crippen molar-refractivity contribution in [2.24, 2.45) is 0 Å². The van der Waals surface area contributed by atoms with Crippen LogP contribution in [0.3, 0.4) is 0 Å². The molecule has 24 heavy (non-hydrogen) atoms. The molecule has 7 heteroatoms. The van der Waals surface area contributed by atoms with E-state index in [4.69, 9.17) is 4.74 Å². The van der Waals surface area contributed by atoms with Gasteiger partial charge in [-0.3, -0.25) is 4.79 Å². The zero-order valence-corrected chi connectivity index (χ0v) is 14.9. The first kappa shape index (κ1) is 15.2. The van der Waals surface area contributed by atoms with E-state index in [1.54, 1.807) is 22.6 Å². The molecule has 0 bridgehead atoms. The van der Waals surface area contributed by atoms with Gasteiger partial charge < -0.3 is 9.84 Å². The number of aromatic hydroxyl groups is 1. The van der Waals surface area contributed by atoms with Crippen LogP contribution in [0.15, 0.2) is 45.7 Å². The first-order chi connectivity index (χ1) is 11.6. The number of fused-ring (bicyclic) bond motifs is 3. The molecule has 120 valence electrons. The Morgan fingerprint density at radius 1 is 1.33 bits per heavy atom. The number of halogens is 1. The Kier molecular flexibility index (Phi) is 3.54. The van der Waals surface area contributed by atoms with Crippen molar-refractivity contribution in [3.05, 3.63) is 61.3 Å². The molecule has 0 aliphatic carbocycles. The lowest BCUT2D eigenvalue weighted by Crippen LogP contribution is -2.22. The molecule has 0 radical (unpaired) electrons. The number of phenolic OH excluding ortho intramolecular Hbond substituents is 1. The summed E-state index contributed by atoms with van der Waals surface area (Å²) in [6.45, 7) is 0. The third kappa shape index (κ3) is 2.28. The van der Waals surface area contributed by atoms with Crippen molar-refractivity contribution in [3.63, 3.8) is 0 Å². The van der Waals surface area contributed by atoms with Crippen LogP contribution >= 0.6 is 27.3 Å². The monoisotopic (exact) mass is 402 g/mol. The van der Waals surface area contributed by atoms with Crippen LogP contribution in [0.25, 0.3) is 22.1 Å². The maximum atomic E-state index is 12.7. The van der Waals surface area contributed by atoms with Crippen LogP contribution in [0, 0.1) is 0 Å². The first-order valence-electron chi connectivity index (χ1n) is 7.06. The Labute approximate surface area is 148 Å². The fourth-order valence-corrected chi connectivity index (χ4v) is 4.04. The SMILES string of the molecule is COc1cc(/C=c2\sc3nc4ccccc4n3c2=O)cc(Br)c1O. The van der Waals surface area contributed by atoms with Gasteiger partial charge in [0.2, 0.25) is 0 Å². The van der Waals surface area contributed by atoms with Gasteiger partial charge in [-0.05, 0) is 51.8 Å². The predicted molar refractivity (Wildman–Crippen MR) is 98.0 cm³/mol. The summed E-state index contributed by atoms with van der Waals surface area (Å²) in [6.07, 6.45) is 1.77. The van der Waals surface area contributed by atoms with E-state index in [0.717, 1.165) is 16.6 Å². The van der Waals surface area contributed by atoms with Crippen LogP contribution in [-0.2, 0) is 0 Å². The van der Waals surface area contributed by atoms with E-state index in [0.29, 0.717) is 19.7 Å². The lowest BCUT2D eigenvalue weighted by atomic mass is 10.2. The highest BCUT2D eigenvalue weighted by Gasteiger charge is 2.12. The molecule has 0 aliphatic heterocycles. The predicted octanol–water partition coefficient (Wildman–Crippen LogP) is 2.93. The van der Waals surface area contributed by atoms with Crippen LogP contribution < -0.4 is 14.8 Å². The molecule has 0 unspecified atom stereocenters. The minimum atomic E-state index is -0.105. The number of para-hydroxylation sites is 2. The van der Waals surface area contributed by atoms with Crippen molar-refractivity contribution in [2.45, 2.75) is 0 Å². The van der Waals surface area contributed by atoms with Crippen LogP contribution in [0.1, 0.15) is 5.56 Å². The maximum absolute atomic E-state index is 12.7. The van der Waals surface area contributed by atoms with E-state index in [1.165, 1.54) is 18.4 Å². The lowest BCUT2D eigenvalue weighted by Gasteiger charge is -2.06. The third-order valence-electron chi connectivity index (χ3n) is 3.71. The van der Waals surface area contributed by atoms with Crippen molar-refractivity contribution >= 4 is 49.3 Å². The van der Waals surface area contributed by atoms with Gasteiger partial charge in [0.05, 0.1) is 27.1 Å². The Morgan fingerprint density at radius 2 is 2.12 bits per heavy atom. The fraction of sp³-hybridized carbons (Fsp3) is 0.0588. The third-order valence-corrected chi connectivity index (χ3v) is 5.29. The fourth-order valence-electron chi connectivity index (χ4n) is 2.60. The summed E-state index contributed by atoms with van der Waals surface area (Å²) in [7, 11) is 1.48. The number of benzene rings is 2. The molecule has 2 heterocycles. The van der Waals surface area contributed by atoms with Crippen molar-refractivity contribution < 1.29 is 9.84 Å². The highest BCUT2D eigenvalue weighted by atomic mass is 79.9. The number of nitrogens with zero attached hydrogens (tertiary/aromatic N) is 2. The number of ether oxygens (including phenoxy) is 1. The van der Waals surface area contributed by atoms with Gasteiger partial charge in [0, 0.05) is 0 Å². The number of imidazole rings is 1. The maximum Gasteiger partial charge on any atom is 0.274 e. The average Bonchev–Trinajstić information content (AvgIpc) is 3.07. The van der Waals surface area contributed by atoms with Gasteiger partial charge in [0.25, 0.3) is 5.56 Å². The molecule has 2 aromatic carbocycles. The van der Waals surface area contributed by atoms with Crippen molar-refractivity contribution in [1.29, 1.82) is 0 Å². The van der Waals surface area contributed by atoms with Gasteiger partial charge in [0.15, 0.2) is 16.5 Å². The number of hydrogen-bond donors (Lipinski definition) is 1. The van der Waals surface area contributed by atoms with Crippen molar-refractivity contribution in [3.8, 4) is 11.5 Å². The number of aromatic nitrogens is 2. The summed E-state index contributed by atoms with van der Waals surface area (Å²) in [5.41, 5.74) is 2.26. The summed E-state index contributed by atoms with van der Waals surface area (Å²) in [5, 5.41) is 9.88. The molecular weight excluding hydrogens is 392 g/mol. The number of rotatable bonds is 2. The molecule has 0 saturated heterocycles. The second-order valence-electron chi connectivity index (χ2n) is 5.19. The molecule has 4 rings (SSSR count). The molecule has 0 spiro atoms. The van der Waals surface area contributed by atoms with Gasteiger partial charge in [-0.15, -0.1) is 0 Å². The van der Waals surface area contributed by atoms with Gasteiger partial charge >= 0.3 is 0 Å². The van der Waals surface area contributed by atoms with E-state index >= 15 is 0 Å². The topological polar surface area (TPSA) is 63.8 Å². The molecule has 0 atom stereocenters. The largest absolute Gasteiger partial charge is 0.503 e. The van der Waals surface area contributed by atoms with Crippen LogP contribution in [-0.4, -0.2) is 21.6 Å². The molecular formula is C17H11BrN2O3S. The van der Waals surface area contributed by atoms with Crippen LogP contribution in [0.4, 0.5) is 0 Å². The van der Waals surface area contributed by atoms with Crippen molar-refractivity contribution in [2.75, 3.05) is 7.11 Å². The number of methoxy groups -OCH3 is 1. The van der Waals surface area contributed by atoms with Crippen LogP contribution in [0.2, 0.25) is 0 Å². The quantitative estimate of drug-likeness (QED) is 0.559. The Balaban J connectivity index is 1.97. The zero-order chi connectivity index (χ0) is 16.8. The molecule has 0 aliphatic rings. The highest BCUT2D eigenvalue weighted by Crippen LogP contribution is 2.35. The second kappa shape index (κ2) is 5.61. The van der Waals surface area contributed by atoms with Gasteiger partial charge in [0.1, 0.15) is 0 Å². The van der Waals surface area contributed by atoms with Gasteiger partial charge in [-0.25, -0.2) is 9.38 Å². The summed E-state index contributed by atoms with van der Waals surface area (Å²) in [4.78, 5) is 17.9. The van der Waals surface area contributed by atoms with E-state index in [1.807, 2.05) is 24.3 Å².